The van der Waals surface area contributed by atoms with E-state index in [9.17, 15) is 14.0 Å². The fourth-order valence-electron chi connectivity index (χ4n) is 1.84. The van der Waals surface area contributed by atoms with Crippen LogP contribution in [-0.4, -0.2) is 23.6 Å². The van der Waals surface area contributed by atoms with Crippen molar-refractivity contribution < 1.29 is 85.8 Å². The number of amides is 3. The van der Waals surface area contributed by atoms with E-state index in [1.807, 2.05) is 0 Å². The van der Waals surface area contributed by atoms with Gasteiger partial charge in [0.05, 0.1) is 5.82 Å². The molecule has 1 N–H and O–H groups in total. The van der Waals surface area contributed by atoms with Crippen LogP contribution < -0.4 is 66.7 Å². The van der Waals surface area contributed by atoms with Gasteiger partial charge in [-0.15, -0.1) is 17.5 Å². The van der Waals surface area contributed by atoms with Gasteiger partial charge in [-0.3, -0.25) is 15.0 Å². The molecule has 1 aliphatic heterocycles. The number of hydrogen-bond donors (Lipinski definition) is 1. The van der Waals surface area contributed by atoms with Gasteiger partial charge in [0.1, 0.15) is 0 Å². The zero-order valence-electron chi connectivity index (χ0n) is 11.5. The molecule has 1 aliphatic rings. The Morgan fingerprint density at radius 3 is 2.81 bits per heavy atom. The fraction of sp³-hybridized carbons (Fsp3) is 0.167. The van der Waals surface area contributed by atoms with Crippen LogP contribution in [0, 0.1) is 19.3 Å². The Balaban J connectivity index is 0.00000133. The van der Waals surface area contributed by atoms with Crippen molar-refractivity contribution in [2.24, 2.45) is 0 Å². The maximum Gasteiger partial charge on any atom is 1.00 e. The molecule has 0 unspecified atom stereocenters. The normalized spacial score (nSPS) is 13.9. The van der Waals surface area contributed by atoms with E-state index in [1.54, 1.807) is 0 Å². The molecule has 107 valence electrons. The summed E-state index contributed by atoms with van der Waals surface area (Å²) in [6, 6.07) is 4.38. The maximum absolute atomic E-state index is 13.1. The quantitative estimate of drug-likeness (QED) is 0.375. The summed E-state index contributed by atoms with van der Waals surface area (Å²) in [5.41, 5.74) is 0.455. The predicted octanol–water partition coefficient (Wildman–Crippen LogP) is -1.97. The van der Waals surface area contributed by atoms with Crippen molar-refractivity contribution in [3.63, 3.8) is 0 Å². The first-order valence-corrected chi connectivity index (χ1v) is 5.27. The number of benzene rings is 1. The van der Waals surface area contributed by atoms with E-state index in [-0.39, 0.29) is 104 Å². The van der Waals surface area contributed by atoms with Gasteiger partial charge in [0.15, 0.2) is 0 Å². The number of rotatable bonds is 1. The Labute approximate surface area is 177 Å². The molecule has 0 spiro atoms. The van der Waals surface area contributed by atoms with Gasteiger partial charge in [-0.25, -0.2) is 14.7 Å². The Morgan fingerprint density at radius 1 is 1.43 bits per heavy atom. The predicted molar refractivity (Wildman–Crippen MR) is 65.8 cm³/mol. The van der Waals surface area contributed by atoms with Crippen LogP contribution in [-0.2, 0) is 25.2 Å². The van der Waals surface area contributed by atoms with Crippen molar-refractivity contribution in [1.82, 2.24) is 15.5 Å². The third-order valence-corrected chi connectivity index (χ3v) is 2.70. The second-order valence-corrected chi connectivity index (χ2v) is 3.86. The molecule has 1 aromatic carbocycles. The van der Waals surface area contributed by atoms with Crippen LogP contribution in [0.1, 0.15) is 6.42 Å². The van der Waals surface area contributed by atoms with Gasteiger partial charge in [-0.2, -0.15) is 6.07 Å². The summed E-state index contributed by atoms with van der Waals surface area (Å²) in [7, 11) is 0. The molecule has 0 aliphatic carbocycles. The van der Waals surface area contributed by atoms with Crippen LogP contribution in [0.5, 0.6) is 0 Å². The Morgan fingerprint density at radius 2 is 2.14 bits per heavy atom. The third kappa shape index (κ3) is 4.19. The molecule has 6 nitrogen and oxygen atoms in total. The fourth-order valence-corrected chi connectivity index (χ4v) is 1.84. The van der Waals surface area contributed by atoms with E-state index in [1.165, 1.54) is 17.0 Å². The number of imide groups is 1. The summed E-state index contributed by atoms with van der Waals surface area (Å²) in [5.74, 6) is -0.630. The van der Waals surface area contributed by atoms with E-state index in [0.717, 1.165) is 0 Å². The Kier molecular flexibility index (Phi) is 8.42. The monoisotopic (exact) mass is 487 g/mol. The third-order valence-electron chi connectivity index (χ3n) is 2.70. The number of halogens is 1. The zero-order chi connectivity index (χ0) is 12.7. The Hall–Kier alpha value is -0.141. The van der Waals surface area contributed by atoms with E-state index in [4.69, 9.17) is 0 Å². The van der Waals surface area contributed by atoms with Gasteiger partial charge < -0.3 is 17.6 Å². The molecule has 2 aromatic rings. The largest absolute Gasteiger partial charge is 1.00 e. The molecule has 9 heteroatoms. The average Bonchev–Trinajstić information content (AvgIpc) is 2.72. The van der Waals surface area contributed by atoms with E-state index in [0.29, 0.717) is 10.9 Å². The zero-order valence-corrected chi connectivity index (χ0v) is 17.3. The second kappa shape index (κ2) is 8.48. The molecule has 1 aromatic heterocycles. The van der Waals surface area contributed by atoms with Gasteiger partial charge >= 0.3 is 57.4 Å². The summed E-state index contributed by atoms with van der Waals surface area (Å²) in [4.78, 5) is 24.0. The van der Waals surface area contributed by atoms with Crippen molar-refractivity contribution in [1.29, 1.82) is 0 Å². The SMILES string of the molecule is O=C1CCN(c2n[n-]c3c[c-]c(F)cc23)C(=O)N1.[CH3-].[K+].[Re]. The van der Waals surface area contributed by atoms with Crippen molar-refractivity contribution in [3.05, 3.63) is 31.4 Å². The van der Waals surface area contributed by atoms with Crippen LogP contribution in [0.4, 0.5) is 15.0 Å². The van der Waals surface area contributed by atoms with Crippen molar-refractivity contribution >= 4 is 28.7 Å². The number of urea groups is 1. The molecular formula is C12H10FKN4O2Re-2. The summed E-state index contributed by atoms with van der Waals surface area (Å²) >= 11 is 0. The van der Waals surface area contributed by atoms with Crippen molar-refractivity contribution in [2.75, 3.05) is 11.4 Å². The molecule has 0 saturated carbocycles. The minimum absolute atomic E-state index is 0. The molecule has 0 bridgehead atoms. The van der Waals surface area contributed by atoms with Crippen LogP contribution in [0.15, 0.2) is 12.1 Å². The van der Waals surface area contributed by atoms with Crippen LogP contribution in [0.2, 0.25) is 0 Å². The molecule has 1 radical (unpaired) electrons. The summed E-state index contributed by atoms with van der Waals surface area (Å²) in [5, 5.41) is 10.3. The molecule has 1 fully saturated rings. The van der Waals surface area contributed by atoms with Crippen LogP contribution in [0.25, 0.3) is 10.9 Å². The van der Waals surface area contributed by atoms with E-state index >= 15 is 0 Å². The number of aromatic nitrogens is 2. The number of fused-ring (bicyclic) bond motifs is 1. The molecule has 3 amide bonds. The number of nitrogens with zero attached hydrogens (tertiary/aromatic N) is 3. The first-order chi connectivity index (χ1) is 8.65. The first kappa shape index (κ1) is 20.9. The number of hydrogen-bond acceptors (Lipinski definition) is 3. The van der Waals surface area contributed by atoms with Gasteiger partial charge in [0.2, 0.25) is 5.91 Å². The van der Waals surface area contributed by atoms with Crippen LogP contribution >= 0.6 is 0 Å². The average molecular weight is 487 g/mol. The van der Waals surface area contributed by atoms with Crippen molar-refractivity contribution in [2.45, 2.75) is 6.42 Å². The van der Waals surface area contributed by atoms with Gasteiger partial charge in [-0.05, 0) is 0 Å². The molecule has 3 rings (SSSR count). The smallest absolute Gasteiger partial charge is 0.631 e. The van der Waals surface area contributed by atoms with Crippen molar-refractivity contribution in [3.8, 4) is 0 Å². The topological polar surface area (TPSA) is 76.4 Å². The van der Waals surface area contributed by atoms with Gasteiger partial charge in [0, 0.05) is 39.2 Å². The van der Waals surface area contributed by atoms with Gasteiger partial charge in [-0.1, -0.05) is 0 Å². The molecule has 1 saturated heterocycles. The van der Waals surface area contributed by atoms with Gasteiger partial charge in [0.25, 0.3) is 0 Å². The number of anilines is 1. The van der Waals surface area contributed by atoms with E-state index in [2.05, 4.69) is 21.6 Å². The first-order valence-electron chi connectivity index (χ1n) is 5.27. The standard InChI is InChI=1S/C11H8FN4O2.CH3.K.Re/c12-6-1-2-8-7(5-6)10(15-14-8)16-4-3-9(17)13-11(16)18;;;/h2,5H,3-4H2,(H2,13,14,15,17,18);1H3;;/q2*-1;+1;/p-1. The molecule has 2 heterocycles. The summed E-state index contributed by atoms with van der Waals surface area (Å²) in [6.45, 7) is 0.207. The molecular weight excluding hydrogens is 476 g/mol. The Bertz CT molecular complexity index is 664. The summed E-state index contributed by atoms with van der Waals surface area (Å²) < 4.78 is 13.1. The maximum atomic E-state index is 13.1. The minimum Gasteiger partial charge on any atom is -0.631 e. The second-order valence-electron chi connectivity index (χ2n) is 3.86. The summed E-state index contributed by atoms with van der Waals surface area (Å²) in [6.07, 6.45) is 0.182. The van der Waals surface area contributed by atoms with E-state index < -0.39 is 11.8 Å². The minimum atomic E-state index is -0.568. The number of carbonyl (C=O) groups is 2. The molecule has 21 heavy (non-hydrogen) atoms. The number of carbonyl (C=O) groups excluding carboxylic acids is 2. The van der Waals surface area contributed by atoms with Crippen LogP contribution in [0.3, 0.4) is 0 Å². The molecule has 0 atom stereocenters. The number of nitrogens with one attached hydrogen (secondary N) is 1.